The van der Waals surface area contributed by atoms with Crippen LogP contribution in [-0.4, -0.2) is 47.3 Å². The van der Waals surface area contributed by atoms with Crippen molar-refractivity contribution in [3.8, 4) is 0 Å². The van der Waals surface area contributed by atoms with Gasteiger partial charge in [-0.2, -0.15) is 0 Å². The molecule has 1 atom stereocenters. The third-order valence-corrected chi connectivity index (χ3v) is 4.19. The van der Waals surface area contributed by atoms with E-state index in [2.05, 4.69) is 9.88 Å². The molecule has 98 valence electrons. The largest absolute Gasteiger partial charge is 0.383 e. The maximum Gasteiger partial charge on any atom is 0.109 e. The monoisotopic (exact) mass is 248 g/mol. The first kappa shape index (κ1) is 12.1. The van der Waals surface area contributed by atoms with Gasteiger partial charge in [0.1, 0.15) is 5.60 Å². The molecule has 0 saturated carbocycles. The van der Waals surface area contributed by atoms with Gasteiger partial charge in [0, 0.05) is 31.9 Å². The predicted octanol–water partition coefficient (Wildman–Crippen LogP) is 1.15. The van der Waals surface area contributed by atoms with Crippen molar-refractivity contribution < 1.29 is 9.84 Å². The summed E-state index contributed by atoms with van der Waals surface area (Å²) in [5, 5.41) is 10.7. The van der Waals surface area contributed by atoms with Crippen LogP contribution in [0.4, 0.5) is 0 Å². The van der Waals surface area contributed by atoms with Gasteiger partial charge in [0.25, 0.3) is 0 Å². The zero-order chi connectivity index (χ0) is 12.4. The van der Waals surface area contributed by atoms with Gasteiger partial charge >= 0.3 is 0 Å². The SMILES string of the molecule is OC1(c2ccccn2)CCN(C2CCOC2)CC1. The lowest BCUT2D eigenvalue weighted by molar-refractivity contribution is -0.0393. The van der Waals surface area contributed by atoms with Crippen molar-refractivity contribution in [1.82, 2.24) is 9.88 Å². The highest BCUT2D eigenvalue weighted by Gasteiger charge is 2.37. The van der Waals surface area contributed by atoms with E-state index in [9.17, 15) is 5.11 Å². The fourth-order valence-corrected chi connectivity index (χ4v) is 2.96. The average molecular weight is 248 g/mol. The van der Waals surface area contributed by atoms with Crippen molar-refractivity contribution in [3.05, 3.63) is 30.1 Å². The number of rotatable bonds is 2. The lowest BCUT2D eigenvalue weighted by atomic mass is 9.87. The minimum Gasteiger partial charge on any atom is -0.383 e. The normalized spacial score (nSPS) is 28.4. The average Bonchev–Trinajstić information content (AvgIpc) is 2.95. The van der Waals surface area contributed by atoms with Crippen LogP contribution >= 0.6 is 0 Å². The summed E-state index contributed by atoms with van der Waals surface area (Å²) in [5.41, 5.74) is 0.0735. The summed E-state index contributed by atoms with van der Waals surface area (Å²) in [5.74, 6) is 0. The van der Waals surface area contributed by atoms with E-state index in [0.29, 0.717) is 6.04 Å². The maximum atomic E-state index is 10.7. The molecular formula is C14H20N2O2. The summed E-state index contributed by atoms with van der Waals surface area (Å²) in [4.78, 5) is 6.75. The van der Waals surface area contributed by atoms with Gasteiger partial charge in [-0.15, -0.1) is 0 Å². The van der Waals surface area contributed by atoms with Crippen molar-refractivity contribution in [3.63, 3.8) is 0 Å². The Labute approximate surface area is 108 Å². The highest BCUT2D eigenvalue weighted by molar-refractivity contribution is 5.14. The molecule has 1 aromatic heterocycles. The smallest absolute Gasteiger partial charge is 0.109 e. The fraction of sp³-hybridized carbons (Fsp3) is 0.643. The van der Waals surface area contributed by atoms with E-state index in [1.807, 2.05) is 18.2 Å². The van der Waals surface area contributed by atoms with E-state index in [1.165, 1.54) is 0 Å². The van der Waals surface area contributed by atoms with Crippen LogP contribution < -0.4 is 0 Å². The van der Waals surface area contributed by atoms with Gasteiger partial charge in [-0.1, -0.05) is 6.07 Å². The summed E-state index contributed by atoms with van der Waals surface area (Å²) < 4.78 is 5.43. The maximum absolute atomic E-state index is 10.7. The Morgan fingerprint density at radius 3 is 2.78 bits per heavy atom. The Hall–Kier alpha value is -0.970. The first-order valence-corrected chi connectivity index (χ1v) is 6.74. The summed E-state index contributed by atoms with van der Waals surface area (Å²) in [7, 11) is 0. The number of likely N-dealkylation sites (tertiary alicyclic amines) is 1. The molecule has 4 nitrogen and oxygen atoms in total. The number of aliphatic hydroxyl groups is 1. The molecule has 2 saturated heterocycles. The van der Waals surface area contributed by atoms with Gasteiger partial charge in [-0.25, -0.2) is 0 Å². The van der Waals surface area contributed by atoms with E-state index in [4.69, 9.17) is 4.74 Å². The zero-order valence-electron chi connectivity index (χ0n) is 10.6. The van der Waals surface area contributed by atoms with Crippen LogP contribution in [0.2, 0.25) is 0 Å². The molecule has 4 heteroatoms. The Balaban J connectivity index is 1.65. The van der Waals surface area contributed by atoms with Crippen molar-refractivity contribution >= 4 is 0 Å². The molecule has 2 fully saturated rings. The Morgan fingerprint density at radius 2 is 2.17 bits per heavy atom. The highest BCUT2D eigenvalue weighted by atomic mass is 16.5. The highest BCUT2D eigenvalue weighted by Crippen LogP contribution is 2.32. The molecule has 3 rings (SSSR count). The molecule has 1 N–H and O–H groups in total. The van der Waals surface area contributed by atoms with Gasteiger partial charge in [-0.3, -0.25) is 9.88 Å². The van der Waals surface area contributed by atoms with Crippen LogP contribution in [0.15, 0.2) is 24.4 Å². The lowest BCUT2D eigenvalue weighted by Crippen LogP contribution is -2.47. The van der Waals surface area contributed by atoms with Crippen LogP contribution in [0.25, 0.3) is 0 Å². The molecule has 0 aromatic carbocycles. The number of nitrogens with zero attached hydrogens (tertiary/aromatic N) is 2. The molecule has 0 radical (unpaired) electrons. The third-order valence-electron chi connectivity index (χ3n) is 4.19. The van der Waals surface area contributed by atoms with E-state index in [1.54, 1.807) is 6.20 Å². The van der Waals surface area contributed by atoms with Crippen LogP contribution in [0.5, 0.6) is 0 Å². The first-order chi connectivity index (χ1) is 8.78. The Morgan fingerprint density at radius 1 is 1.33 bits per heavy atom. The number of aromatic nitrogens is 1. The van der Waals surface area contributed by atoms with Gasteiger partial charge in [0.15, 0.2) is 0 Å². The van der Waals surface area contributed by atoms with Gasteiger partial charge < -0.3 is 9.84 Å². The molecule has 1 unspecified atom stereocenters. The van der Waals surface area contributed by atoms with Crippen molar-refractivity contribution in [1.29, 1.82) is 0 Å². The molecular weight excluding hydrogens is 228 g/mol. The number of ether oxygens (including phenoxy) is 1. The molecule has 0 aliphatic carbocycles. The van der Waals surface area contributed by atoms with Crippen LogP contribution in [0, 0.1) is 0 Å². The molecule has 3 heterocycles. The van der Waals surface area contributed by atoms with Crippen LogP contribution in [0.3, 0.4) is 0 Å². The van der Waals surface area contributed by atoms with Crippen molar-refractivity contribution in [2.24, 2.45) is 0 Å². The topological polar surface area (TPSA) is 45.6 Å². The first-order valence-electron chi connectivity index (χ1n) is 6.74. The number of pyridine rings is 1. The Kier molecular flexibility index (Phi) is 3.33. The van der Waals surface area contributed by atoms with Gasteiger partial charge in [0.05, 0.1) is 12.3 Å². The van der Waals surface area contributed by atoms with Gasteiger partial charge in [-0.05, 0) is 31.4 Å². The summed E-state index contributed by atoms with van der Waals surface area (Å²) in [6, 6.07) is 6.31. The number of hydrogen-bond acceptors (Lipinski definition) is 4. The molecule has 0 amide bonds. The fourth-order valence-electron chi connectivity index (χ4n) is 2.96. The summed E-state index contributed by atoms with van der Waals surface area (Å²) in [6.45, 7) is 3.59. The van der Waals surface area contributed by atoms with E-state index in [0.717, 1.165) is 51.3 Å². The van der Waals surface area contributed by atoms with E-state index < -0.39 is 5.60 Å². The summed E-state index contributed by atoms with van der Waals surface area (Å²) >= 11 is 0. The zero-order valence-corrected chi connectivity index (χ0v) is 10.6. The minimum absolute atomic E-state index is 0.554. The second kappa shape index (κ2) is 4.96. The molecule has 2 aliphatic rings. The standard InChI is InChI=1S/C14H20N2O2/c17-14(13-3-1-2-7-15-13)5-8-16(9-6-14)12-4-10-18-11-12/h1-3,7,12,17H,4-6,8-11H2. The molecule has 1 aromatic rings. The molecule has 18 heavy (non-hydrogen) atoms. The lowest BCUT2D eigenvalue weighted by Gasteiger charge is -2.40. The molecule has 0 bridgehead atoms. The van der Waals surface area contributed by atoms with Crippen molar-refractivity contribution in [2.75, 3.05) is 26.3 Å². The quantitative estimate of drug-likeness (QED) is 0.853. The second-order valence-corrected chi connectivity index (χ2v) is 5.30. The molecule has 2 aliphatic heterocycles. The minimum atomic E-state index is -0.739. The Bertz CT molecular complexity index is 382. The number of piperidine rings is 1. The van der Waals surface area contributed by atoms with Crippen LogP contribution in [-0.2, 0) is 10.3 Å². The van der Waals surface area contributed by atoms with E-state index >= 15 is 0 Å². The predicted molar refractivity (Wildman–Crippen MR) is 68.2 cm³/mol. The van der Waals surface area contributed by atoms with Crippen molar-refractivity contribution in [2.45, 2.75) is 30.9 Å². The van der Waals surface area contributed by atoms with Gasteiger partial charge in [0.2, 0.25) is 0 Å². The second-order valence-electron chi connectivity index (χ2n) is 5.30. The van der Waals surface area contributed by atoms with Crippen LogP contribution in [0.1, 0.15) is 25.0 Å². The molecule has 0 spiro atoms. The summed E-state index contributed by atoms with van der Waals surface area (Å²) in [6.07, 6.45) is 4.41. The third kappa shape index (κ3) is 2.28. The van der Waals surface area contributed by atoms with E-state index in [-0.39, 0.29) is 0 Å². The number of hydrogen-bond donors (Lipinski definition) is 1.